The molecule has 0 fully saturated rings. The minimum absolute atomic E-state index is 0.0334. The number of sulfonamides is 1. The summed E-state index contributed by atoms with van der Waals surface area (Å²) in [5.41, 5.74) is 8.91. The number of fused-ring (bicyclic) bond motifs is 1. The summed E-state index contributed by atoms with van der Waals surface area (Å²) >= 11 is 0. The number of amides is 1. The van der Waals surface area contributed by atoms with Crippen LogP contribution in [0.4, 0.5) is 17.1 Å². The Morgan fingerprint density at radius 1 is 1.35 bits per heavy atom. The van der Waals surface area contributed by atoms with Crippen molar-refractivity contribution in [2.75, 3.05) is 35.7 Å². The maximum absolute atomic E-state index is 11.3. The maximum atomic E-state index is 11.3. The molecule has 0 saturated heterocycles. The fourth-order valence-corrected chi connectivity index (χ4v) is 2.53. The van der Waals surface area contributed by atoms with E-state index < -0.39 is 10.0 Å². The molecule has 0 saturated carbocycles. The Hall–Kier alpha value is -1.80. The van der Waals surface area contributed by atoms with E-state index in [0.29, 0.717) is 31.6 Å². The van der Waals surface area contributed by atoms with Crippen molar-refractivity contribution in [3.63, 3.8) is 0 Å². The van der Waals surface area contributed by atoms with E-state index >= 15 is 0 Å². The minimum atomic E-state index is -3.14. The Balaban J connectivity index is 1.88. The van der Waals surface area contributed by atoms with Crippen LogP contribution in [0.1, 0.15) is 12.0 Å². The van der Waals surface area contributed by atoms with Crippen LogP contribution in [0, 0.1) is 0 Å². The van der Waals surface area contributed by atoms with Gasteiger partial charge in [-0.05, 0) is 24.1 Å². The number of hydrogen-bond acceptors (Lipinski definition) is 5. The minimum Gasteiger partial charge on any atom is -0.397 e. The summed E-state index contributed by atoms with van der Waals surface area (Å²) in [5.74, 6) is -0.0334. The lowest BCUT2D eigenvalue weighted by molar-refractivity contribution is -0.115. The maximum Gasteiger partial charge on any atom is 0.228 e. The highest BCUT2D eigenvalue weighted by Crippen LogP contribution is 2.31. The third kappa shape index (κ3) is 3.84. The fraction of sp³-hybridized carbons (Fsp3) is 0.417. The first kappa shape index (κ1) is 14.6. The SMILES string of the molecule is CS(=O)(=O)NCCCNc1cc2c(cc1N)CC(=O)N2. The summed E-state index contributed by atoms with van der Waals surface area (Å²) in [7, 11) is -3.14. The van der Waals surface area contributed by atoms with E-state index in [9.17, 15) is 13.2 Å². The van der Waals surface area contributed by atoms with Crippen molar-refractivity contribution in [1.82, 2.24) is 4.72 Å². The molecule has 1 amide bonds. The van der Waals surface area contributed by atoms with E-state index in [4.69, 9.17) is 5.73 Å². The van der Waals surface area contributed by atoms with Gasteiger partial charge in [0.15, 0.2) is 0 Å². The van der Waals surface area contributed by atoms with Gasteiger partial charge in [0.25, 0.3) is 0 Å². The van der Waals surface area contributed by atoms with E-state index in [1.807, 2.05) is 0 Å². The molecule has 1 aliphatic rings. The van der Waals surface area contributed by atoms with Gasteiger partial charge in [-0.1, -0.05) is 0 Å². The highest BCUT2D eigenvalue weighted by Gasteiger charge is 2.19. The second-order valence-electron chi connectivity index (χ2n) is 4.77. The molecule has 7 nitrogen and oxygen atoms in total. The average Bonchev–Trinajstić information content (AvgIpc) is 2.66. The van der Waals surface area contributed by atoms with Gasteiger partial charge in [0.1, 0.15) is 0 Å². The normalized spacial score (nSPS) is 13.9. The first-order valence-electron chi connectivity index (χ1n) is 6.26. The highest BCUT2D eigenvalue weighted by molar-refractivity contribution is 7.88. The number of carbonyl (C=O) groups excluding carboxylic acids is 1. The third-order valence-electron chi connectivity index (χ3n) is 2.93. The average molecular weight is 298 g/mol. The number of nitrogen functional groups attached to an aromatic ring is 1. The predicted molar refractivity (Wildman–Crippen MR) is 79.1 cm³/mol. The van der Waals surface area contributed by atoms with E-state index in [2.05, 4.69) is 15.4 Å². The van der Waals surface area contributed by atoms with Gasteiger partial charge < -0.3 is 16.4 Å². The predicted octanol–water partition coefficient (Wildman–Crippen LogP) is 0.115. The topological polar surface area (TPSA) is 113 Å². The van der Waals surface area contributed by atoms with Crippen LogP contribution in [-0.2, 0) is 21.2 Å². The van der Waals surface area contributed by atoms with Crippen molar-refractivity contribution in [3.8, 4) is 0 Å². The molecule has 8 heteroatoms. The van der Waals surface area contributed by atoms with Crippen LogP contribution in [-0.4, -0.2) is 33.7 Å². The molecule has 20 heavy (non-hydrogen) atoms. The summed E-state index contributed by atoms with van der Waals surface area (Å²) in [6, 6.07) is 3.59. The molecule has 1 heterocycles. The van der Waals surface area contributed by atoms with Gasteiger partial charge in [0.05, 0.1) is 24.1 Å². The fourth-order valence-electron chi connectivity index (χ4n) is 2.02. The van der Waals surface area contributed by atoms with Crippen LogP contribution < -0.4 is 21.1 Å². The lowest BCUT2D eigenvalue weighted by Crippen LogP contribution is -2.24. The number of nitrogens with one attached hydrogen (secondary N) is 3. The Kier molecular flexibility index (Phi) is 4.15. The molecule has 0 aromatic heterocycles. The molecule has 1 aromatic rings. The van der Waals surface area contributed by atoms with Crippen LogP contribution in [0.15, 0.2) is 12.1 Å². The largest absolute Gasteiger partial charge is 0.397 e. The number of nitrogens with two attached hydrogens (primary N) is 1. The second kappa shape index (κ2) is 5.68. The number of anilines is 3. The van der Waals surface area contributed by atoms with Crippen molar-refractivity contribution < 1.29 is 13.2 Å². The molecule has 5 N–H and O–H groups in total. The molecule has 0 unspecified atom stereocenters. The Labute approximate surface area is 118 Å². The van der Waals surface area contributed by atoms with Gasteiger partial charge in [0.2, 0.25) is 15.9 Å². The first-order chi connectivity index (χ1) is 9.35. The van der Waals surface area contributed by atoms with Gasteiger partial charge in [0, 0.05) is 18.8 Å². The van der Waals surface area contributed by atoms with Crippen molar-refractivity contribution in [1.29, 1.82) is 0 Å². The van der Waals surface area contributed by atoms with Crippen LogP contribution in [0.3, 0.4) is 0 Å². The van der Waals surface area contributed by atoms with Gasteiger partial charge in [-0.15, -0.1) is 0 Å². The zero-order valence-corrected chi connectivity index (χ0v) is 12.0. The van der Waals surface area contributed by atoms with E-state index in [-0.39, 0.29) is 5.91 Å². The van der Waals surface area contributed by atoms with E-state index in [1.165, 1.54) is 0 Å². The van der Waals surface area contributed by atoms with Crippen LogP contribution in [0.2, 0.25) is 0 Å². The zero-order valence-electron chi connectivity index (χ0n) is 11.2. The Morgan fingerprint density at radius 3 is 2.80 bits per heavy atom. The van der Waals surface area contributed by atoms with Crippen molar-refractivity contribution in [2.24, 2.45) is 0 Å². The monoisotopic (exact) mass is 298 g/mol. The van der Waals surface area contributed by atoms with E-state index in [1.54, 1.807) is 12.1 Å². The first-order valence-corrected chi connectivity index (χ1v) is 8.15. The number of benzene rings is 1. The van der Waals surface area contributed by atoms with Crippen molar-refractivity contribution in [3.05, 3.63) is 17.7 Å². The Bertz CT molecular complexity index is 628. The van der Waals surface area contributed by atoms with Gasteiger partial charge in [-0.2, -0.15) is 0 Å². The summed E-state index contributed by atoms with van der Waals surface area (Å²) in [4.78, 5) is 11.3. The lowest BCUT2D eigenvalue weighted by Gasteiger charge is -2.11. The number of carbonyl (C=O) groups is 1. The molecule has 0 aliphatic carbocycles. The highest BCUT2D eigenvalue weighted by atomic mass is 32.2. The van der Waals surface area contributed by atoms with Crippen LogP contribution >= 0.6 is 0 Å². The molecule has 0 spiro atoms. The van der Waals surface area contributed by atoms with Crippen molar-refractivity contribution in [2.45, 2.75) is 12.8 Å². The smallest absolute Gasteiger partial charge is 0.228 e. The quantitative estimate of drug-likeness (QED) is 0.440. The molecule has 110 valence electrons. The second-order valence-corrected chi connectivity index (χ2v) is 6.60. The summed E-state index contributed by atoms with van der Waals surface area (Å²) < 4.78 is 24.2. The molecule has 1 aromatic carbocycles. The molecule has 1 aliphatic heterocycles. The molecule has 0 radical (unpaired) electrons. The third-order valence-corrected chi connectivity index (χ3v) is 3.66. The zero-order chi connectivity index (χ0) is 14.8. The van der Waals surface area contributed by atoms with Crippen LogP contribution in [0.25, 0.3) is 0 Å². The van der Waals surface area contributed by atoms with Crippen LogP contribution in [0.5, 0.6) is 0 Å². The number of hydrogen-bond donors (Lipinski definition) is 4. The molecule has 2 rings (SSSR count). The number of rotatable bonds is 6. The lowest BCUT2D eigenvalue weighted by atomic mass is 10.1. The summed E-state index contributed by atoms with van der Waals surface area (Å²) in [5, 5.41) is 5.89. The van der Waals surface area contributed by atoms with Gasteiger partial charge in [-0.25, -0.2) is 13.1 Å². The molecular formula is C12H18N4O3S. The molecule has 0 bridgehead atoms. The summed E-state index contributed by atoms with van der Waals surface area (Å²) in [6.45, 7) is 0.951. The van der Waals surface area contributed by atoms with Gasteiger partial charge in [-0.3, -0.25) is 4.79 Å². The van der Waals surface area contributed by atoms with E-state index in [0.717, 1.165) is 23.2 Å². The molecule has 0 atom stereocenters. The van der Waals surface area contributed by atoms with Gasteiger partial charge >= 0.3 is 0 Å². The molecular weight excluding hydrogens is 280 g/mol. The van der Waals surface area contributed by atoms with Crippen molar-refractivity contribution >= 4 is 33.0 Å². The summed E-state index contributed by atoms with van der Waals surface area (Å²) in [6.07, 6.45) is 2.12. The Morgan fingerprint density at radius 2 is 2.10 bits per heavy atom. The standard InChI is InChI=1S/C12H18N4O3S/c1-20(18,19)15-4-2-3-14-11-7-10-8(5-9(11)13)6-12(17)16-10/h5,7,14-15H,2-4,6,13H2,1H3,(H,16,17).